The fraction of sp³-hybridized carbons (Fsp3) is 0.800. The minimum absolute atomic E-state index is 0.0621. The van der Waals surface area contributed by atoms with Gasteiger partial charge in [-0.15, -0.1) is 0 Å². The molecular formula is C10H18O3. The molecule has 0 atom stereocenters. The van der Waals surface area contributed by atoms with Crippen molar-refractivity contribution in [3.63, 3.8) is 0 Å². The molecule has 0 aromatic carbocycles. The van der Waals surface area contributed by atoms with Gasteiger partial charge in [-0.1, -0.05) is 13.8 Å². The summed E-state index contributed by atoms with van der Waals surface area (Å²) in [5, 5.41) is 8.79. The van der Waals surface area contributed by atoms with Crippen LogP contribution in [0.2, 0.25) is 0 Å². The van der Waals surface area contributed by atoms with Crippen LogP contribution in [0.3, 0.4) is 0 Å². The summed E-state index contributed by atoms with van der Waals surface area (Å²) in [6.07, 6.45) is 1.54. The average molecular weight is 186 g/mol. The van der Waals surface area contributed by atoms with Crippen molar-refractivity contribution in [1.29, 1.82) is 0 Å². The standard InChI is InChI=1S/C10H18O3/c1-8(5-11)4-9-12-6-10(2,3)7-13-9/h4,9,11H,5-7H2,1-3H3. The van der Waals surface area contributed by atoms with Gasteiger partial charge in [-0.05, 0) is 18.6 Å². The molecule has 0 amide bonds. The summed E-state index contributed by atoms with van der Waals surface area (Å²) < 4.78 is 10.9. The third-order valence-corrected chi connectivity index (χ3v) is 1.95. The van der Waals surface area contributed by atoms with Crippen molar-refractivity contribution in [2.75, 3.05) is 19.8 Å². The zero-order chi connectivity index (χ0) is 9.90. The maximum atomic E-state index is 8.79. The van der Waals surface area contributed by atoms with E-state index in [1.807, 2.05) is 13.0 Å². The first kappa shape index (κ1) is 10.7. The lowest BCUT2D eigenvalue weighted by Crippen LogP contribution is -2.37. The first-order valence-corrected chi connectivity index (χ1v) is 4.55. The molecule has 1 saturated heterocycles. The SMILES string of the molecule is CC(=CC1OCC(C)(C)CO1)CO. The second-order valence-corrected chi connectivity index (χ2v) is 4.33. The number of hydrogen-bond donors (Lipinski definition) is 1. The highest BCUT2D eigenvalue weighted by Crippen LogP contribution is 2.23. The topological polar surface area (TPSA) is 38.7 Å². The normalized spacial score (nSPS) is 24.8. The highest BCUT2D eigenvalue weighted by atomic mass is 16.7. The summed E-state index contributed by atoms with van der Waals surface area (Å²) in [5.41, 5.74) is 0.988. The minimum Gasteiger partial charge on any atom is -0.392 e. The van der Waals surface area contributed by atoms with Gasteiger partial charge in [0.05, 0.1) is 19.8 Å². The van der Waals surface area contributed by atoms with Gasteiger partial charge in [0.2, 0.25) is 0 Å². The van der Waals surface area contributed by atoms with Gasteiger partial charge in [0.25, 0.3) is 0 Å². The van der Waals surface area contributed by atoms with Crippen molar-refractivity contribution in [3.8, 4) is 0 Å². The van der Waals surface area contributed by atoms with E-state index in [2.05, 4.69) is 13.8 Å². The second-order valence-electron chi connectivity index (χ2n) is 4.33. The zero-order valence-electron chi connectivity index (χ0n) is 8.54. The van der Waals surface area contributed by atoms with E-state index >= 15 is 0 Å². The molecule has 3 heteroatoms. The molecule has 76 valence electrons. The molecule has 13 heavy (non-hydrogen) atoms. The molecule has 1 heterocycles. The predicted octanol–water partition coefficient (Wildman–Crippen LogP) is 1.32. The van der Waals surface area contributed by atoms with Crippen LogP contribution in [0.4, 0.5) is 0 Å². The Bertz CT molecular complexity index is 186. The lowest BCUT2D eigenvalue weighted by Gasteiger charge is -2.33. The van der Waals surface area contributed by atoms with Crippen LogP contribution in [0.25, 0.3) is 0 Å². The Morgan fingerprint density at radius 2 is 2.00 bits per heavy atom. The van der Waals surface area contributed by atoms with Crippen molar-refractivity contribution in [3.05, 3.63) is 11.6 Å². The van der Waals surface area contributed by atoms with Crippen molar-refractivity contribution in [2.45, 2.75) is 27.1 Å². The van der Waals surface area contributed by atoms with Crippen LogP contribution in [-0.2, 0) is 9.47 Å². The fourth-order valence-electron chi connectivity index (χ4n) is 1.09. The van der Waals surface area contributed by atoms with Gasteiger partial charge in [0, 0.05) is 5.41 Å². The summed E-state index contributed by atoms with van der Waals surface area (Å²) >= 11 is 0. The summed E-state index contributed by atoms with van der Waals surface area (Å²) in [6.45, 7) is 7.52. The number of ether oxygens (including phenoxy) is 2. The molecule has 0 unspecified atom stereocenters. The largest absolute Gasteiger partial charge is 0.392 e. The van der Waals surface area contributed by atoms with Crippen LogP contribution >= 0.6 is 0 Å². The molecule has 0 radical (unpaired) electrons. The van der Waals surface area contributed by atoms with E-state index in [1.54, 1.807) is 0 Å². The molecule has 1 rings (SSSR count). The van der Waals surface area contributed by atoms with Gasteiger partial charge < -0.3 is 14.6 Å². The quantitative estimate of drug-likeness (QED) is 0.661. The van der Waals surface area contributed by atoms with Gasteiger partial charge in [0.15, 0.2) is 6.29 Å². The Kier molecular flexibility index (Phi) is 3.47. The van der Waals surface area contributed by atoms with E-state index in [0.29, 0.717) is 13.2 Å². The molecule has 0 spiro atoms. The summed E-state index contributed by atoms with van der Waals surface area (Å²) in [6, 6.07) is 0. The van der Waals surface area contributed by atoms with Crippen LogP contribution < -0.4 is 0 Å². The molecule has 0 aromatic heterocycles. The Hall–Kier alpha value is -0.380. The van der Waals surface area contributed by atoms with Crippen LogP contribution in [-0.4, -0.2) is 31.2 Å². The van der Waals surface area contributed by atoms with E-state index in [1.165, 1.54) is 0 Å². The molecule has 0 bridgehead atoms. The molecule has 1 N–H and O–H groups in total. The van der Waals surface area contributed by atoms with E-state index in [4.69, 9.17) is 14.6 Å². The summed E-state index contributed by atoms with van der Waals surface area (Å²) in [4.78, 5) is 0. The molecule has 0 aliphatic carbocycles. The van der Waals surface area contributed by atoms with Crippen molar-refractivity contribution < 1.29 is 14.6 Å². The molecule has 0 aromatic rings. The number of aliphatic hydroxyl groups excluding tert-OH is 1. The predicted molar refractivity (Wildman–Crippen MR) is 50.3 cm³/mol. The highest BCUT2D eigenvalue weighted by Gasteiger charge is 2.27. The van der Waals surface area contributed by atoms with Gasteiger partial charge in [-0.2, -0.15) is 0 Å². The smallest absolute Gasteiger partial charge is 0.177 e. The third-order valence-electron chi connectivity index (χ3n) is 1.95. The van der Waals surface area contributed by atoms with Crippen molar-refractivity contribution >= 4 is 0 Å². The Balaban J connectivity index is 2.42. The zero-order valence-corrected chi connectivity index (χ0v) is 8.54. The summed E-state index contributed by atoms with van der Waals surface area (Å²) in [5.74, 6) is 0. The van der Waals surface area contributed by atoms with Crippen LogP contribution in [0.1, 0.15) is 20.8 Å². The van der Waals surface area contributed by atoms with Gasteiger partial charge in [-0.25, -0.2) is 0 Å². The maximum absolute atomic E-state index is 8.79. The highest BCUT2D eigenvalue weighted by molar-refractivity contribution is 5.00. The van der Waals surface area contributed by atoms with Crippen LogP contribution in [0.5, 0.6) is 0 Å². The van der Waals surface area contributed by atoms with E-state index in [9.17, 15) is 0 Å². The molecular weight excluding hydrogens is 168 g/mol. The summed E-state index contributed by atoms with van der Waals surface area (Å²) in [7, 11) is 0. The number of aliphatic hydroxyl groups is 1. The molecule has 1 aliphatic heterocycles. The van der Waals surface area contributed by atoms with Crippen LogP contribution in [0, 0.1) is 5.41 Å². The molecule has 1 fully saturated rings. The average Bonchev–Trinajstić information content (AvgIpc) is 2.08. The van der Waals surface area contributed by atoms with E-state index in [-0.39, 0.29) is 18.3 Å². The van der Waals surface area contributed by atoms with Gasteiger partial charge in [0.1, 0.15) is 0 Å². The fourth-order valence-corrected chi connectivity index (χ4v) is 1.09. The van der Waals surface area contributed by atoms with E-state index in [0.717, 1.165) is 5.57 Å². The third kappa shape index (κ3) is 3.46. The Morgan fingerprint density at radius 1 is 1.46 bits per heavy atom. The molecule has 3 nitrogen and oxygen atoms in total. The molecule has 1 aliphatic rings. The van der Waals surface area contributed by atoms with Crippen molar-refractivity contribution in [1.82, 2.24) is 0 Å². The van der Waals surface area contributed by atoms with Gasteiger partial charge >= 0.3 is 0 Å². The monoisotopic (exact) mass is 186 g/mol. The first-order valence-electron chi connectivity index (χ1n) is 4.55. The Morgan fingerprint density at radius 3 is 2.46 bits per heavy atom. The lowest BCUT2D eigenvalue weighted by atomic mass is 9.95. The van der Waals surface area contributed by atoms with Gasteiger partial charge in [-0.3, -0.25) is 0 Å². The second kappa shape index (κ2) is 4.22. The first-order chi connectivity index (χ1) is 6.03. The van der Waals surface area contributed by atoms with E-state index < -0.39 is 0 Å². The Labute approximate surface area is 79.3 Å². The maximum Gasteiger partial charge on any atom is 0.177 e. The lowest BCUT2D eigenvalue weighted by molar-refractivity contribution is -0.198. The van der Waals surface area contributed by atoms with Crippen molar-refractivity contribution in [2.24, 2.45) is 5.41 Å². The minimum atomic E-state index is -0.278. The van der Waals surface area contributed by atoms with Crippen LogP contribution in [0.15, 0.2) is 11.6 Å². The molecule has 0 saturated carbocycles. The number of rotatable bonds is 2. The number of hydrogen-bond acceptors (Lipinski definition) is 3.